The zero-order chi connectivity index (χ0) is 17.3. The summed E-state index contributed by atoms with van der Waals surface area (Å²) in [4.78, 5) is 11.1. The summed E-state index contributed by atoms with van der Waals surface area (Å²) >= 11 is 3.35. The molecule has 1 unspecified atom stereocenters. The monoisotopic (exact) mass is 393 g/mol. The second-order valence-electron chi connectivity index (χ2n) is 5.14. The lowest BCUT2D eigenvalue weighted by Crippen LogP contribution is -2.26. The van der Waals surface area contributed by atoms with Crippen LogP contribution in [0, 0.1) is 5.82 Å². The molecule has 0 saturated heterocycles. The van der Waals surface area contributed by atoms with Gasteiger partial charge in [-0.05, 0) is 40.5 Å². The summed E-state index contributed by atoms with van der Waals surface area (Å²) in [6.45, 7) is 1.72. The number of fused-ring (bicyclic) bond motifs is 1. The number of hydrogen-bond donors (Lipinski definition) is 1. The number of carbonyl (C=O) groups is 1. The molecule has 0 radical (unpaired) electrons. The number of nitrogens with zero attached hydrogens (tertiary/aromatic N) is 1. The van der Waals surface area contributed by atoms with Crippen LogP contribution in [0.4, 0.5) is 4.39 Å². The average molecular weight is 394 g/mol. The molecule has 0 aliphatic carbocycles. The van der Waals surface area contributed by atoms with Gasteiger partial charge < -0.3 is 14.4 Å². The standard InChI is InChI=1S/C17H13BrFNO4/c1-2-13(17(21)22)23-15-8-14-10(7-11(15)18)16(20-24-14)9-5-3-4-6-12(9)19/h3-8,13H,2H2,1H3,(H,21,22). The molecule has 1 N–H and O–H groups in total. The Hall–Kier alpha value is -2.41. The number of aliphatic carboxylic acids is 1. The van der Waals surface area contributed by atoms with Crippen LogP contribution in [0.25, 0.3) is 22.2 Å². The molecule has 1 atom stereocenters. The highest BCUT2D eigenvalue weighted by atomic mass is 79.9. The summed E-state index contributed by atoms with van der Waals surface area (Å²) in [7, 11) is 0. The number of carboxylic acid groups (broad SMARTS) is 1. The Balaban J connectivity index is 2.05. The van der Waals surface area contributed by atoms with Gasteiger partial charge in [0.25, 0.3) is 0 Å². The van der Waals surface area contributed by atoms with E-state index in [1.54, 1.807) is 37.3 Å². The zero-order valence-electron chi connectivity index (χ0n) is 12.6. The molecule has 24 heavy (non-hydrogen) atoms. The number of halogens is 2. The third kappa shape index (κ3) is 2.99. The Morgan fingerprint density at radius 3 is 2.83 bits per heavy atom. The molecule has 7 heteroatoms. The van der Waals surface area contributed by atoms with E-state index >= 15 is 0 Å². The first kappa shape index (κ1) is 16.4. The van der Waals surface area contributed by atoms with Gasteiger partial charge >= 0.3 is 5.97 Å². The lowest BCUT2D eigenvalue weighted by atomic mass is 10.1. The van der Waals surface area contributed by atoms with Gasteiger partial charge in [0.1, 0.15) is 17.3 Å². The van der Waals surface area contributed by atoms with Crippen LogP contribution in [-0.2, 0) is 4.79 Å². The van der Waals surface area contributed by atoms with Crippen LogP contribution in [-0.4, -0.2) is 22.3 Å². The molecule has 0 amide bonds. The van der Waals surface area contributed by atoms with Crippen LogP contribution in [0.15, 0.2) is 45.4 Å². The first-order chi connectivity index (χ1) is 11.5. The normalized spacial score (nSPS) is 12.3. The van der Waals surface area contributed by atoms with Gasteiger partial charge in [-0.25, -0.2) is 9.18 Å². The van der Waals surface area contributed by atoms with Gasteiger partial charge in [-0.1, -0.05) is 24.2 Å². The Kier molecular flexibility index (Phi) is 4.53. The third-order valence-electron chi connectivity index (χ3n) is 3.57. The molecule has 0 bridgehead atoms. The molecule has 2 aromatic carbocycles. The van der Waals surface area contributed by atoms with E-state index in [0.717, 1.165) is 0 Å². The topological polar surface area (TPSA) is 72.6 Å². The SMILES string of the molecule is CCC(Oc1cc2onc(-c3ccccc3F)c2cc1Br)C(=O)O. The van der Waals surface area contributed by atoms with Gasteiger partial charge in [-0.3, -0.25) is 0 Å². The number of hydrogen-bond acceptors (Lipinski definition) is 4. The highest BCUT2D eigenvalue weighted by molar-refractivity contribution is 9.10. The lowest BCUT2D eigenvalue weighted by molar-refractivity contribution is -0.145. The number of ether oxygens (including phenoxy) is 1. The van der Waals surface area contributed by atoms with E-state index in [1.165, 1.54) is 6.07 Å². The summed E-state index contributed by atoms with van der Waals surface area (Å²) in [5.74, 6) is -1.12. The average Bonchev–Trinajstić information content (AvgIpc) is 2.95. The van der Waals surface area contributed by atoms with E-state index < -0.39 is 17.9 Å². The minimum Gasteiger partial charge on any atom is -0.479 e. The molecule has 0 spiro atoms. The van der Waals surface area contributed by atoms with E-state index in [4.69, 9.17) is 14.4 Å². The smallest absolute Gasteiger partial charge is 0.344 e. The molecular formula is C17H13BrFNO4. The predicted molar refractivity (Wildman–Crippen MR) is 89.4 cm³/mol. The molecule has 1 heterocycles. The summed E-state index contributed by atoms with van der Waals surface area (Å²) in [5.41, 5.74) is 1.08. The minimum atomic E-state index is -1.05. The van der Waals surface area contributed by atoms with Crippen molar-refractivity contribution in [3.8, 4) is 17.0 Å². The van der Waals surface area contributed by atoms with Crippen molar-refractivity contribution in [2.24, 2.45) is 0 Å². The summed E-state index contributed by atoms with van der Waals surface area (Å²) < 4.78 is 25.3. The van der Waals surface area contributed by atoms with E-state index in [2.05, 4.69) is 21.1 Å². The van der Waals surface area contributed by atoms with Crippen molar-refractivity contribution in [2.45, 2.75) is 19.4 Å². The zero-order valence-corrected chi connectivity index (χ0v) is 14.2. The fraction of sp³-hybridized carbons (Fsp3) is 0.176. The Morgan fingerprint density at radius 1 is 1.42 bits per heavy atom. The van der Waals surface area contributed by atoms with Crippen LogP contribution in [0.2, 0.25) is 0 Å². The van der Waals surface area contributed by atoms with Gasteiger partial charge in [0.05, 0.1) is 9.86 Å². The quantitative estimate of drug-likeness (QED) is 0.683. The molecule has 124 valence electrons. The first-order valence-corrected chi connectivity index (χ1v) is 8.03. The lowest BCUT2D eigenvalue weighted by Gasteiger charge is -2.14. The second kappa shape index (κ2) is 6.60. The molecule has 0 aliphatic heterocycles. The Morgan fingerprint density at radius 2 is 2.17 bits per heavy atom. The second-order valence-corrected chi connectivity index (χ2v) is 6.00. The number of carboxylic acids is 1. The van der Waals surface area contributed by atoms with Gasteiger partial charge in [0, 0.05) is 11.6 Å². The molecule has 3 aromatic rings. The number of benzene rings is 2. The molecule has 3 rings (SSSR count). The van der Waals surface area contributed by atoms with E-state index in [0.29, 0.717) is 38.9 Å². The van der Waals surface area contributed by atoms with Crippen LogP contribution in [0.1, 0.15) is 13.3 Å². The molecule has 0 fully saturated rings. The van der Waals surface area contributed by atoms with Crippen LogP contribution in [0.3, 0.4) is 0 Å². The Bertz CT molecular complexity index is 909. The van der Waals surface area contributed by atoms with Crippen molar-refractivity contribution in [3.63, 3.8) is 0 Å². The maximum absolute atomic E-state index is 14.0. The van der Waals surface area contributed by atoms with Crippen molar-refractivity contribution in [2.75, 3.05) is 0 Å². The summed E-state index contributed by atoms with van der Waals surface area (Å²) in [6, 6.07) is 9.49. The van der Waals surface area contributed by atoms with Gasteiger partial charge in [-0.2, -0.15) is 0 Å². The van der Waals surface area contributed by atoms with Crippen LogP contribution >= 0.6 is 15.9 Å². The van der Waals surface area contributed by atoms with Crippen LogP contribution in [0.5, 0.6) is 5.75 Å². The van der Waals surface area contributed by atoms with E-state index in [1.807, 2.05) is 0 Å². The molecule has 1 aromatic heterocycles. The third-order valence-corrected chi connectivity index (χ3v) is 4.19. The van der Waals surface area contributed by atoms with Crippen molar-refractivity contribution in [1.82, 2.24) is 5.16 Å². The predicted octanol–water partition coefficient (Wildman–Crippen LogP) is 4.64. The molecule has 0 aliphatic rings. The minimum absolute atomic E-state index is 0.316. The van der Waals surface area contributed by atoms with Gasteiger partial charge in [-0.15, -0.1) is 0 Å². The summed E-state index contributed by atoms with van der Waals surface area (Å²) in [5, 5.41) is 13.6. The Labute approximate surface area is 145 Å². The molecular weight excluding hydrogens is 381 g/mol. The van der Waals surface area contributed by atoms with Crippen molar-refractivity contribution >= 4 is 32.9 Å². The van der Waals surface area contributed by atoms with Crippen LogP contribution < -0.4 is 4.74 Å². The maximum Gasteiger partial charge on any atom is 0.344 e. The highest BCUT2D eigenvalue weighted by Gasteiger charge is 2.21. The largest absolute Gasteiger partial charge is 0.479 e. The van der Waals surface area contributed by atoms with Crippen molar-refractivity contribution in [1.29, 1.82) is 0 Å². The van der Waals surface area contributed by atoms with Crippen molar-refractivity contribution < 1.29 is 23.6 Å². The van der Waals surface area contributed by atoms with Gasteiger partial charge in [0.15, 0.2) is 11.7 Å². The number of aromatic nitrogens is 1. The van der Waals surface area contributed by atoms with E-state index in [-0.39, 0.29) is 0 Å². The maximum atomic E-state index is 14.0. The fourth-order valence-corrected chi connectivity index (χ4v) is 2.78. The highest BCUT2D eigenvalue weighted by Crippen LogP contribution is 2.36. The molecule has 0 saturated carbocycles. The van der Waals surface area contributed by atoms with Gasteiger partial charge in [0.2, 0.25) is 0 Å². The molecule has 5 nitrogen and oxygen atoms in total. The first-order valence-electron chi connectivity index (χ1n) is 7.24. The summed E-state index contributed by atoms with van der Waals surface area (Å²) in [6.07, 6.45) is -0.649. The van der Waals surface area contributed by atoms with Crippen molar-refractivity contribution in [3.05, 3.63) is 46.7 Å². The van der Waals surface area contributed by atoms with E-state index in [9.17, 15) is 9.18 Å². The number of rotatable bonds is 5. The fourth-order valence-electron chi connectivity index (χ4n) is 2.34.